The largest absolute Gasteiger partial charge is 0.509 e. The lowest BCUT2D eigenvalue weighted by atomic mass is 10.1. The van der Waals surface area contributed by atoms with Crippen LogP contribution in [0, 0.1) is 5.92 Å². The fourth-order valence-corrected chi connectivity index (χ4v) is 3.26. The molecule has 2 fully saturated rings. The molecule has 2 saturated heterocycles. The average Bonchev–Trinajstić information content (AvgIpc) is 3.28. The topological polar surface area (TPSA) is 144 Å². The molecule has 2 aliphatic rings. The van der Waals surface area contributed by atoms with E-state index in [-0.39, 0.29) is 24.8 Å². The SMILES string of the molecule is CCCCCC(=O)ONc1ccn([C@@H]2O[C@H](COC(=O)C(C)C)[C@H]3OC(=O)O[C@H]32)c(=O)n1. The maximum atomic E-state index is 12.5. The van der Waals surface area contributed by atoms with Crippen LogP contribution in [0.5, 0.6) is 0 Å². The Morgan fingerprint density at radius 1 is 1.22 bits per heavy atom. The van der Waals surface area contributed by atoms with E-state index in [1.54, 1.807) is 13.8 Å². The minimum atomic E-state index is -1.03. The summed E-state index contributed by atoms with van der Waals surface area (Å²) in [6.45, 7) is 5.23. The van der Waals surface area contributed by atoms with Gasteiger partial charge in [0.25, 0.3) is 0 Å². The molecule has 12 nitrogen and oxygen atoms in total. The molecule has 0 radical (unpaired) electrons. The first-order chi connectivity index (χ1) is 15.3. The van der Waals surface area contributed by atoms with Crippen molar-refractivity contribution < 1.29 is 38.2 Å². The molecule has 0 amide bonds. The van der Waals surface area contributed by atoms with Gasteiger partial charge in [-0.2, -0.15) is 4.98 Å². The van der Waals surface area contributed by atoms with Crippen LogP contribution in [-0.2, 0) is 33.4 Å². The molecule has 0 aromatic carbocycles. The zero-order chi connectivity index (χ0) is 23.3. The van der Waals surface area contributed by atoms with Gasteiger partial charge >= 0.3 is 23.8 Å². The Bertz CT molecular complexity index is 901. The van der Waals surface area contributed by atoms with E-state index in [1.807, 2.05) is 6.92 Å². The third-order valence-corrected chi connectivity index (χ3v) is 4.97. The summed E-state index contributed by atoms with van der Waals surface area (Å²) in [7, 11) is 0. The van der Waals surface area contributed by atoms with Crippen LogP contribution in [0.15, 0.2) is 17.1 Å². The molecule has 3 rings (SSSR count). The maximum absolute atomic E-state index is 12.5. The summed E-state index contributed by atoms with van der Waals surface area (Å²) in [6, 6.07) is 1.41. The molecule has 1 aromatic rings. The molecule has 4 atom stereocenters. The standard InChI is InChI=1S/C20H27N3O9/c1-4-5-6-7-14(24)32-22-13-8-9-23(19(26)21-13)17-16-15(30-20(27)31-16)12(29-17)10-28-18(25)11(2)3/h8-9,11-12,15-17H,4-7,10H2,1-3H3,(H,21,22,26)/t12-,15-,16-,17-/m1/s1. The van der Waals surface area contributed by atoms with Gasteiger partial charge in [-0.05, 0) is 6.42 Å². The van der Waals surface area contributed by atoms with Gasteiger partial charge in [0.2, 0.25) is 0 Å². The second kappa shape index (κ2) is 10.4. The molecule has 0 unspecified atom stereocenters. The van der Waals surface area contributed by atoms with Crippen LogP contribution in [0.25, 0.3) is 0 Å². The number of ether oxygens (including phenoxy) is 4. The highest BCUT2D eigenvalue weighted by molar-refractivity contribution is 5.71. The van der Waals surface area contributed by atoms with E-state index in [0.717, 1.165) is 17.4 Å². The van der Waals surface area contributed by atoms with E-state index >= 15 is 0 Å². The van der Waals surface area contributed by atoms with Crippen molar-refractivity contribution in [3.05, 3.63) is 22.7 Å². The fourth-order valence-electron chi connectivity index (χ4n) is 3.26. The number of carbonyl (C=O) groups is 3. The molecule has 0 bridgehead atoms. The third kappa shape index (κ3) is 5.55. The van der Waals surface area contributed by atoms with E-state index < -0.39 is 48.3 Å². The van der Waals surface area contributed by atoms with Gasteiger partial charge < -0.3 is 23.8 Å². The van der Waals surface area contributed by atoms with Crippen molar-refractivity contribution in [2.75, 3.05) is 12.1 Å². The summed E-state index contributed by atoms with van der Waals surface area (Å²) >= 11 is 0. The van der Waals surface area contributed by atoms with E-state index in [0.29, 0.717) is 6.42 Å². The number of hydrogen-bond donors (Lipinski definition) is 1. The van der Waals surface area contributed by atoms with Gasteiger partial charge in [0.1, 0.15) is 12.7 Å². The number of aromatic nitrogens is 2. The lowest BCUT2D eigenvalue weighted by Gasteiger charge is -2.18. The van der Waals surface area contributed by atoms with Gasteiger partial charge in [0, 0.05) is 18.7 Å². The number of esters is 1. The van der Waals surface area contributed by atoms with Gasteiger partial charge in [-0.25, -0.2) is 19.9 Å². The molecule has 3 heterocycles. The summed E-state index contributed by atoms with van der Waals surface area (Å²) in [6.07, 6.45) is -0.283. The van der Waals surface area contributed by atoms with Crippen LogP contribution in [0.1, 0.15) is 52.7 Å². The number of hydrogen-bond acceptors (Lipinski definition) is 11. The molecule has 1 N–H and O–H groups in total. The average molecular weight is 453 g/mol. The van der Waals surface area contributed by atoms with Crippen molar-refractivity contribution >= 4 is 23.9 Å². The number of nitrogens with zero attached hydrogens (tertiary/aromatic N) is 2. The Labute approximate surface area is 184 Å². The minimum absolute atomic E-state index is 0.0340. The number of fused-ring (bicyclic) bond motifs is 1. The quantitative estimate of drug-likeness (QED) is 0.239. The van der Waals surface area contributed by atoms with E-state index in [9.17, 15) is 19.2 Å². The van der Waals surface area contributed by atoms with Crippen LogP contribution in [0.4, 0.5) is 10.6 Å². The predicted molar refractivity (Wildman–Crippen MR) is 107 cm³/mol. The Kier molecular flexibility index (Phi) is 7.67. The number of carbonyl (C=O) groups excluding carboxylic acids is 3. The molecule has 2 aliphatic heterocycles. The van der Waals surface area contributed by atoms with Gasteiger partial charge in [0.05, 0.1) is 5.92 Å². The Morgan fingerprint density at radius 3 is 2.66 bits per heavy atom. The van der Waals surface area contributed by atoms with E-state index in [1.165, 1.54) is 12.3 Å². The molecular weight excluding hydrogens is 426 g/mol. The summed E-state index contributed by atoms with van der Waals surface area (Å²) < 4.78 is 22.4. The highest BCUT2D eigenvalue weighted by Gasteiger charge is 2.55. The number of unbranched alkanes of at least 4 members (excludes halogenated alkanes) is 2. The monoisotopic (exact) mass is 453 g/mol. The second-order valence-electron chi connectivity index (χ2n) is 7.80. The van der Waals surface area contributed by atoms with Crippen molar-refractivity contribution in [3.8, 4) is 0 Å². The molecule has 1 aromatic heterocycles. The first kappa shape index (κ1) is 23.5. The number of nitrogens with one attached hydrogen (secondary N) is 1. The number of rotatable bonds is 10. The zero-order valence-electron chi connectivity index (χ0n) is 18.1. The van der Waals surface area contributed by atoms with Gasteiger partial charge in [0.15, 0.2) is 24.3 Å². The van der Waals surface area contributed by atoms with Crippen molar-refractivity contribution in [1.29, 1.82) is 0 Å². The summed E-state index contributed by atoms with van der Waals surface area (Å²) in [5.41, 5.74) is 1.62. The van der Waals surface area contributed by atoms with E-state index in [2.05, 4.69) is 10.5 Å². The third-order valence-electron chi connectivity index (χ3n) is 4.97. The van der Waals surface area contributed by atoms with Crippen molar-refractivity contribution in [2.24, 2.45) is 5.92 Å². The number of anilines is 1. The highest BCUT2D eigenvalue weighted by atomic mass is 16.8. The molecule has 0 saturated carbocycles. The molecular formula is C20H27N3O9. The smallest absolute Gasteiger partial charge is 0.463 e. The van der Waals surface area contributed by atoms with Gasteiger partial charge in [-0.1, -0.05) is 33.6 Å². The van der Waals surface area contributed by atoms with Crippen molar-refractivity contribution in [2.45, 2.75) is 71.0 Å². The molecule has 32 heavy (non-hydrogen) atoms. The highest BCUT2D eigenvalue weighted by Crippen LogP contribution is 2.37. The minimum Gasteiger partial charge on any atom is -0.463 e. The maximum Gasteiger partial charge on any atom is 0.509 e. The first-order valence-electron chi connectivity index (χ1n) is 10.5. The lowest BCUT2D eigenvalue weighted by Crippen LogP contribution is -2.34. The normalized spacial score (nSPS) is 23.9. The first-order valence-corrected chi connectivity index (χ1v) is 10.5. The molecule has 0 spiro atoms. The van der Waals surface area contributed by atoms with Gasteiger partial charge in [-0.3, -0.25) is 9.36 Å². The Morgan fingerprint density at radius 2 is 1.97 bits per heavy atom. The summed E-state index contributed by atoms with van der Waals surface area (Å²) in [5, 5.41) is 0. The summed E-state index contributed by atoms with van der Waals surface area (Å²) in [5.74, 6) is -1.19. The van der Waals surface area contributed by atoms with Crippen LogP contribution in [-0.4, -0.2) is 52.6 Å². The van der Waals surface area contributed by atoms with Crippen molar-refractivity contribution in [1.82, 2.24) is 9.55 Å². The van der Waals surface area contributed by atoms with Crippen LogP contribution in [0.3, 0.4) is 0 Å². The predicted octanol–water partition coefficient (Wildman–Crippen LogP) is 1.69. The Balaban J connectivity index is 1.65. The van der Waals surface area contributed by atoms with Crippen molar-refractivity contribution in [3.63, 3.8) is 0 Å². The van der Waals surface area contributed by atoms with Crippen LogP contribution >= 0.6 is 0 Å². The van der Waals surface area contributed by atoms with E-state index in [4.69, 9.17) is 23.8 Å². The molecule has 0 aliphatic carbocycles. The van der Waals surface area contributed by atoms with Crippen LogP contribution < -0.4 is 11.2 Å². The van der Waals surface area contributed by atoms with Crippen LogP contribution in [0.2, 0.25) is 0 Å². The molecule has 12 heteroatoms. The zero-order valence-corrected chi connectivity index (χ0v) is 18.1. The Hall–Kier alpha value is -3.15. The lowest BCUT2D eigenvalue weighted by molar-refractivity contribution is -0.154. The fraction of sp³-hybridized carbons (Fsp3) is 0.650. The molecule has 176 valence electrons. The second-order valence-corrected chi connectivity index (χ2v) is 7.80. The van der Waals surface area contributed by atoms with Gasteiger partial charge in [-0.15, -0.1) is 0 Å². The summed E-state index contributed by atoms with van der Waals surface area (Å²) in [4.78, 5) is 56.3.